The lowest BCUT2D eigenvalue weighted by Gasteiger charge is -2.08. The van der Waals surface area contributed by atoms with Gasteiger partial charge in [-0.25, -0.2) is 0 Å². The number of aryl methyl sites for hydroxylation is 1. The second kappa shape index (κ2) is 6.19. The number of nitrogens with two attached hydrogens (primary N) is 2. The highest BCUT2D eigenvalue weighted by atomic mass is 32.1. The highest BCUT2D eigenvalue weighted by Gasteiger charge is 2.16. The van der Waals surface area contributed by atoms with Crippen LogP contribution in [0.15, 0.2) is 6.07 Å². The summed E-state index contributed by atoms with van der Waals surface area (Å²) in [6.45, 7) is 3.68. The van der Waals surface area contributed by atoms with Crippen LogP contribution in [-0.2, 0) is 4.79 Å². The largest absolute Gasteiger partial charge is 0.368 e. The van der Waals surface area contributed by atoms with Crippen LogP contribution in [0.4, 0.5) is 0 Å². The zero-order valence-electron chi connectivity index (χ0n) is 10.2. The van der Waals surface area contributed by atoms with Crippen LogP contribution in [0, 0.1) is 18.8 Å². The van der Waals surface area contributed by atoms with Crippen molar-refractivity contribution in [2.45, 2.75) is 19.9 Å². The fourth-order valence-electron chi connectivity index (χ4n) is 1.19. The molecule has 1 heterocycles. The van der Waals surface area contributed by atoms with Crippen LogP contribution < -0.4 is 16.8 Å². The highest BCUT2D eigenvalue weighted by Crippen LogP contribution is 2.20. The molecule has 0 saturated carbocycles. The summed E-state index contributed by atoms with van der Waals surface area (Å²) in [6, 6.07) is 1.03. The van der Waals surface area contributed by atoms with Gasteiger partial charge in [0.2, 0.25) is 5.91 Å². The average Bonchev–Trinajstić information content (AvgIpc) is 2.68. The van der Waals surface area contributed by atoms with E-state index in [0.717, 1.165) is 10.4 Å². The summed E-state index contributed by atoms with van der Waals surface area (Å²) in [5, 5.41) is 2.52. The van der Waals surface area contributed by atoms with Crippen molar-refractivity contribution in [3.63, 3.8) is 0 Å². The van der Waals surface area contributed by atoms with Gasteiger partial charge in [0, 0.05) is 0 Å². The average molecular weight is 265 g/mol. The normalized spacial score (nSPS) is 11.3. The maximum absolute atomic E-state index is 11.8. The molecule has 0 aliphatic rings. The van der Waals surface area contributed by atoms with E-state index in [1.807, 2.05) is 6.92 Å². The smallest absolute Gasteiger partial charge is 0.262 e. The lowest BCUT2D eigenvalue weighted by Crippen LogP contribution is -2.41. The molecule has 0 spiro atoms. The van der Waals surface area contributed by atoms with Crippen molar-refractivity contribution < 1.29 is 9.59 Å². The zero-order chi connectivity index (χ0) is 13.7. The summed E-state index contributed by atoms with van der Waals surface area (Å²) < 4.78 is 0. The van der Waals surface area contributed by atoms with Gasteiger partial charge in [0.15, 0.2) is 0 Å². The molecule has 5 N–H and O–H groups in total. The molecule has 5 nitrogen and oxygen atoms in total. The van der Waals surface area contributed by atoms with Crippen LogP contribution >= 0.6 is 11.3 Å². The number of hydrogen-bond donors (Lipinski definition) is 3. The van der Waals surface area contributed by atoms with E-state index in [2.05, 4.69) is 17.2 Å². The first kappa shape index (κ1) is 14.2. The van der Waals surface area contributed by atoms with Gasteiger partial charge in [-0.15, -0.1) is 11.3 Å². The lowest BCUT2D eigenvalue weighted by molar-refractivity contribution is -0.119. The fourth-order valence-corrected chi connectivity index (χ4v) is 2.14. The fraction of sp³-hybridized carbons (Fsp3) is 0.333. The Morgan fingerprint density at radius 2 is 2.22 bits per heavy atom. The van der Waals surface area contributed by atoms with Gasteiger partial charge >= 0.3 is 0 Å². The highest BCUT2D eigenvalue weighted by molar-refractivity contribution is 7.14. The number of carbonyl (C=O) groups is 2. The molecule has 0 aliphatic heterocycles. The first-order chi connectivity index (χ1) is 8.45. The minimum Gasteiger partial charge on any atom is -0.368 e. The molecular weight excluding hydrogens is 250 g/mol. The summed E-state index contributed by atoms with van der Waals surface area (Å²) in [5.41, 5.74) is 11.3. The molecule has 96 valence electrons. The Balaban J connectivity index is 2.85. The maximum atomic E-state index is 11.8. The van der Waals surface area contributed by atoms with Crippen molar-refractivity contribution in [2.75, 3.05) is 6.54 Å². The molecule has 1 aromatic rings. The van der Waals surface area contributed by atoms with Crippen LogP contribution in [0.3, 0.4) is 0 Å². The molecule has 1 unspecified atom stereocenters. The number of carbonyl (C=O) groups excluding carboxylic acids is 2. The molecule has 0 fully saturated rings. The van der Waals surface area contributed by atoms with Gasteiger partial charge in [-0.3, -0.25) is 9.59 Å². The minimum absolute atomic E-state index is 0.275. The minimum atomic E-state index is -0.696. The number of primary amides is 1. The standard InChI is InChI=1S/C12H15N3O2S/c1-7-6-10(18-9(7)4-3-5-13)12(17)15-8(2)11(14)16/h6,8H,5,13H2,1-2H3,(H2,14,16)(H,15,17). The van der Waals surface area contributed by atoms with Crippen LogP contribution in [0.1, 0.15) is 27.0 Å². The molecule has 0 bridgehead atoms. The molecule has 1 atom stereocenters. The van der Waals surface area contributed by atoms with Gasteiger partial charge in [-0.05, 0) is 25.5 Å². The zero-order valence-corrected chi connectivity index (χ0v) is 11.1. The van der Waals surface area contributed by atoms with Gasteiger partial charge in [0.1, 0.15) is 6.04 Å². The third-order valence-electron chi connectivity index (χ3n) is 2.22. The molecule has 6 heteroatoms. The molecule has 2 amide bonds. The van der Waals surface area contributed by atoms with Crippen molar-refractivity contribution in [1.29, 1.82) is 0 Å². The lowest BCUT2D eigenvalue weighted by atomic mass is 10.2. The van der Waals surface area contributed by atoms with E-state index in [4.69, 9.17) is 11.5 Å². The number of thiophene rings is 1. The molecule has 1 aromatic heterocycles. The molecule has 0 aromatic carbocycles. The second-order valence-corrected chi connectivity index (χ2v) is 4.78. The monoisotopic (exact) mass is 265 g/mol. The van der Waals surface area contributed by atoms with Crippen molar-refractivity contribution >= 4 is 23.2 Å². The SMILES string of the molecule is Cc1cc(C(=O)NC(C)C(N)=O)sc1C#CCN. The third-order valence-corrected chi connectivity index (χ3v) is 3.37. The Hall–Kier alpha value is -1.84. The van der Waals surface area contributed by atoms with E-state index >= 15 is 0 Å². The number of amides is 2. The van der Waals surface area contributed by atoms with Crippen LogP contribution in [0.5, 0.6) is 0 Å². The van der Waals surface area contributed by atoms with Crippen molar-refractivity contribution in [1.82, 2.24) is 5.32 Å². The Bertz CT molecular complexity index is 525. The van der Waals surface area contributed by atoms with Crippen molar-refractivity contribution in [3.05, 3.63) is 21.4 Å². The Morgan fingerprint density at radius 1 is 1.56 bits per heavy atom. The van der Waals surface area contributed by atoms with Gasteiger partial charge in [-0.1, -0.05) is 11.8 Å². The predicted molar refractivity (Wildman–Crippen MR) is 71.1 cm³/mol. The van der Waals surface area contributed by atoms with E-state index in [0.29, 0.717) is 4.88 Å². The molecule has 0 aliphatic carbocycles. The second-order valence-electron chi connectivity index (χ2n) is 3.73. The van der Waals surface area contributed by atoms with E-state index in [9.17, 15) is 9.59 Å². The van der Waals surface area contributed by atoms with Crippen LogP contribution in [-0.4, -0.2) is 24.4 Å². The van der Waals surface area contributed by atoms with E-state index < -0.39 is 11.9 Å². The molecule has 1 rings (SSSR count). The summed E-state index contributed by atoms with van der Waals surface area (Å²) >= 11 is 1.27. The van der Waals surface area contributed by atoms with Crippen LogP contribution in [0.2, 0.25) is 0 Å². The summed E-state index contributed by atoms with van der Waals surface area (Å²) in [4.78, 5) is 24.0. The first-order valence-electron chi connectivity index (χ1n) is 5.35. The van der Waals surface area contributed by atoms with Crippen molar-refractivity contribution in [2.24, 2.45) is 11.5 Å². The molecule has 0 saturated heterocycles. The number of hydrogen-bond acceptors (Lipinski definition) is 4. The van der Waals surface area contributed by atoms with Crippen molar-refractivity contribution in [3.8, 4) is 11.8 Å². The molecular formula is C12H15N3O2S. The summed E-state index contributed by atoms with van der Waals surface area (Å²) in [5.74, 6) is 4.74. The van der Waals surface area contributed by atoms with Gasteiger partial charge in [0.05, 0.1) is 16.3 Å². The third kappa shape index (κ3) is 3.58. The summed E-state index contributed by atoms with van der Waals surface area (Å²) in [6.07, 6.45) is 0. The predicted octanol–water partition coefficient (Wildman–Crippen LogP) is -0.0297. The topological polar surface area (TPSA) is 98.2 Å². The van der Waals surface area contributed by atoms with E-state index in [-0.39, 0.29) is 12.5 Å². The molecule has 18 heavy (non-hydrogen) atoms. The maximum Gasteiger partial charge on any atom is 0.262 e. The Morgan fingerprint density at radius 3 is 2.78 bits per heavy atom. The summed E-state index contributed by atoms with van der Waals surface area (Å²) in [7, 11) is 0. The number of rotatable bonds is 3. The van der Waals surface area contributed by atoms with Gasteiger partial charge in [-0.2, -0.15) is 0 Å². The Labute approximate surface area is 110 Å². The first-order valence-corrected chi connectivity index (χ1v) is 6.17. The Kier molecular flexibility index (Phi) is 4.89. The van der Waals surface area contributed by atoms with E-state index in [1.54, 1.807) is 6.07 Å². The van der Waals surface area contributed by atoms with Crippen LogP contribution in [0.25, 0.3) is 0 Å². The molecule has 0 radical (unpaired) electrons. The van der Waals surface area contributed by atoms with Gasteiger partial charge in [0.25, 0.3) is 5.91 Å². The number of nitrogens with one attached hydrogen (secondary N) is 1. The quantitative estimate of drug-likeness (QED) is 0.669. The van der Waals surface area contributed by atoms with E-state index in [1.165, 1.54) is 18.3 Å². The van der Waals surface area contributed by atoms with Gasteiger partial charge < -0.3 is 16.8 Å².